The number of rotatable bonds is 3. The van der Waals surface area contributed by atoms with E-state index >= 15 is 0 Å². The average Bonchev–Trinajstić information content (AvgIpc) is 2.65. The molecule has 1 heterocycles. The van der Waals surface area contributed by atoms with E-state index in [1.54, 1.807) is 13.8 Å². The normalized spacial score (nSPS) is 48.1. The molecule has 0 aromatic rings. The van der Waals surface area contributed by atoms with Crippen molar-refractivity contribution in [1.29, 1.82) is 0 Å². The van der Waals surface area contributed by atoms with Crippen LogP contribution in [-0.2, 0) is 14.0 Å². The van der Waals surface area contributed by atoms with Crippen molar-refractivity contribution < 1.29 is 29.3 Å². The molecule has 3 aliphatic rings. The minimum atomic E-state index is -2.30. The number of fused-ring (bicyclic) bond motifs is 3. The molecular weight excluding hydrogens is 436 g/mol. The number of ether oxygens (including phenoxy) is 1. The number of Topliss-reactive ketones (excluding diaryl/α,β-unsaturated/α-hetero) is 1. The smallest absolute Gasteiger partial charge is 0.192 e. The second-order valence-electron chi connectivity index (χ2n) is 13.6. The summed E-state index contributed by atoms with van der Waals surface area (Å²) >= 11 is 0. The second-order valence-corrected chi connectivity index (χ2v) is 18.4. The molecule has 3 N–H and O–H groups in total. The summed E-state index contributed by atoms with van der Waals surface area (Å²) in [5, 5.41) is 35.5. The van der Waals surface area contributed by atoms with Gasteiger partial charge < -0.3 is 24.5 Å². The van der Waals surface area contributed by atoms with Gasteiger partial charge in [-0.1, -0.05) is 47.6 Å². The molecule has 1 aliphatic heterocycles. The van der Waals surface area contributed by atoms with Crippen LogP contribution in [0.5, 0.6) is 0 Å². The number of ketones is 1. The largest absolute Gasteiger partial charge is 0.413 e. The van der Waals surface area contributed by atoms with Gasteiger partial charge in [-0.2, -0.15) is 0 Å². The van der Waals surface area contributed by atoms with E-state index in [4.69, 9.17) is 9.16 Å². The van der Waals surface area contributed by atoms with E-state index in [1.165, 1.54) is 6.08 Å². The van der Waals surface area contributed by atoms with Gasteiger partial charge in [-0.25, -0.2) is 0 Å². The van der Waals surface area contributed by atoms with Crippen molar-refractivity contribution in [2.45, 2.75) is 128 Å². The fourth-order valence-corrected chi connectivity index (χ4v) is 8.44. The molecule has 0 aromatic heterocycles. The predicted octanol–water partition coefficient (Wildman–Crippen LogP) is 3.98. The van der Waals surface area contributed by atoms with E-state index in [1.807, 2.05) is 20.8 Å². The van der Waals surface area contributed by atoms with Crippen LogP contribution in [0.4, 0.5) is 0 Å². The lowest BCUT2D eigenvalue weighted by molar-refractivity contribution is -0.368. The van der Waals surface area contributed by atoms with E-state index in [-0.39, 0.29) is 11.5 Å². The summed E-state index contributed by atoms with van der Waals surface area (Å²) in [5.41, 5.74) is -6.42. The van der Waals surface area contributed by atoms with Crippen molar-refractivity contribution in [1.82, 2.24) is 0 Å². The first-order valence-electron chi connectivity index (χ1n) is 12.3. The van der Waals surface area contributed by atoms with Gasteiger partial charge >= 0.3 is 0 Å². The minimum absolute atomic E-state index is 0.0546. The third-order valence-electron chi connectivity index (χ3n) is 9.97. The van der Waals surface area contributed by atoms with Gasteiger partial charge in [0.15, 0.2) is 19.7 Å². The number of aliphatic hydroxyl groups excluding tert-OH is 2. The molecule has 0 amide bonds. The van der Waals surface area contributed by atoms with Crippen molar-refractivity contribution >= 4 is 14.1 Å². The molecule has 0 spiro atoms. The van der Waals surface area contributed by atoms with Gasteiger partial charge in [-0.15, -0.1) is 6.58 Å². The third-order valence-corrected chi connectivity index (χ3v) is 14.5. The van der Waals surface area contributed by atoms with Crippen LogP contribution in [0, 0.1) is 16.7 Å². The van der Waals surface area contributed by atoms with E-state index in [9.17, 15) is 20.1 Å². The first-order chi connectivity index (χ1) is 14.6. The summed E-state index contributed by atoms with van der Waals surface area (Å²) in [6.07, 6.45) is -0.222. The Kier molecular flexibility index (Phi) is 6.11. The van der Waals surface area contributed by atoms with Gasteiger partial charge in [-0.05, 0) is 50.2 Å². The standard InChI is InChI=1S/C26H46O6Si/c1-12-23(7)15-16(27)26(30)24(8)17(31-33(10,11)21(2,3)4)13-14-22(5,6)19(24)18(28)20(29)25(26,9)32-23/h12,17-20,28-30H,1,13-15H2,2-11H3/t17-,18-,19-,20-,23-,24-,25+,26+/m0/s1. The van der Waals surface area contributed by atoms with Gasteiger partial charge in [0.2, 0.25) is 0 Å². The average molecular weight is 483 g/mol. The Labute approximate surface area is 200 Å². The molecule has 2 aliphatic carbocycles. The highest BCUT2D eigenvalue weighted by Gasteiger charge is 2.80. The zero-order chi connectivity index (χ0) is 25.6. The van der Waals surface area contributed by atoms with Crippen molar-refractivity contribution in [3.63, 3.8) is 0 Å². The third kappa shape index (κ3) is 3.40. The van der Waals surface area contributed by atoms with Crippen LogP contribution >= 0.6 is 0 Å². The number of hydrogen-bond donors (Lipinski definition) is 3. The summed E-state index contributed by atoms with van der Waals surface area (Å²) in [6, 6.07) is 0. The van der Waals surface area contributed by atoms with Crippen LogP contribution in [0.25, 0.3) is 0 Å². The molecule has 0 radical (unpaired) electrons. The van der Waals surface area contributed by atoms with Crippen LogP contribution in [0.2, 0.25) is 18.1 Å². The molecule has 0 bridgehead atoms. The summed E-state index contributed by atoms with van der Waals surface area (Å²) in [4.78, 5) is 13.9. The molecular formula is C26H46O6Si. The molecule has 7 heteroatoms. The molecule has 190 valence electrons. The predicted molar refractivity (Wildman–Crippen MR) is 131 cm³/mol. The zero-order valence-corrected chi connectivity index (χ0v) is 23.3. The quantitative estimate of drug-likeness (QED) is 0.416. The zero-order valence-electron chi connectivity index (χ0n) is 22.3. The van der Waals surface area contributed by atoms with Gasteiger partial charge in [0.25, 0.3) is 0 Å². The van der Waals surface area contributed by atoms with Crippen molar-refractivity contribution in [3.05, 3.63) is 12.7 Å². The lowest BCUT2D eigenvalue weighted by Crippen LogP contribution is -2.86. The van der Waals surface area contributed by atoms with Crippen LogP contribution in [-0.4, -0.2) is 64.5 Å². The highest BCUT2D eigenvalue weighted by molar-refractivity contribution is 6.74. The summed E-state index contributed by atoms with van der Waals surface area (Å²) < 4.78 is 13.3. The molecule has 3 fully saturated rings. The van der Waals surface area contributed by atoms with E-state index in [2.05, 4.69) is 40.4 Å². The molecule has 33 heavy (non-hydrogen) atoms. The summed E-state index contributed by atoms with van der Waals surface area (Å²) in [7, 11) is -2.30. The van der Waals surface area contributed by atoms with Crippen molar-refractivity contribution in [3.8, 4) is 0 Å². The van der Waals surface area contributed by atoms with Crippen LogP contribution < -0.4 is 0 Å². The Morgan fingerprint density at radius 1 is 1.15 bits per heavy atom. The number of carbonyl (C=O) groups is 1. The number of carbonyl (C=O) groups excluding carboxylic acids is 1. The summed E-state index contributed by atoms with van der Waals surface area (Å²) in [5.74, 6) is -0.958. The molecule has 0 aromatic carbocycles. The maximum Gasteiger partial charge on any atom is 0.192 e. The van der Waals surface area contributed by atoms with Gasteiger partial charge in [-0.3, -0.25) is 4.79 Å². The fraction of sp³-hybridized carbons (Fsp3) is 0.885. The van der Waals surface area contributed by atoms with Gasteiger partial charge in [0.05, 0.1) is 17.8 Å². The topological polar surface area (TPSA) is 96.2 Å². The highest BCUT2D eigenvalue weighted by atomic mass is 28.4. The Morgan fingerprint density at radius 2 is 1.70 bits per heavy atom. The molecule has 8 atom stereocenters. The van der Waals surface area contributed by atoms with E-state index in [0.717, 1.165) is 6.42 Å². The maximum absolute atomic E-state index is 13.9. The van der Waals surface area contributed by atoms with E-state index in [0.29, 0.717) is 6.42 Å². The Hall–Kier alpha value is -0.573. The number of aliphatic hydroxyl groups is 3. The first-order valence-corrected chi connectivity index (χ1v) is 15.2. The second kappa shape index (κ2) is 7.47. The first kappa shape index (κ1) is 27.0. The van der Waals surface area contributed by atoms with Crippen molar-refractivity contribution in [2.24, 2.45) is 16.7 Å². The lowest BCUT2D eigenvalue weighted by Gasteiger charge is -2.72. The lowest BCUT2D eigenvalue weighted by atomic mass is 9.40. The van der Waals surface area contributed by atoms with E-state index < -0.39 is 66.0 Å². The van der Waals surface area contributed by atoms with Gasteiger partial charge in [0.1, 0.15) is 11.7 Å². The Bertz CT molecular complexity index is 833. The van der Waals surface area contributed by atoms with Crippen LogP contribution in [0.3, 0.4) is 0 Å². The Balaban J connectivity index is 2.28. The maximum atomic E-state index is 13.9. The molecule has 1 saturated heterocycles. The fourth-order valence-electron chi connectivity index (χ4n) is 7.01. The molecule has 6 nitrogen and oxygen atoms in total. The monoisotopic (exact) mass is 482 g/mol. The molecule has 2 saturated carbocycles. The Morgan fingerprint density at radius 3 is 2.18 bits per heavy atom. The number of hydrogen-bond acceptors (Lipinski definition) is 6. The minimum Gasteiger partial charge on any atom is -0.413 e. The molecule has 3 rings (SSSR count). The summed E-state index contributed by atoms with van der Waals surface area (Å²) in [6.45, 7) is 23.9. The van der Waals surface area contributed by atoms with Crippen molar-refractivity contribution in [2.75, 3.05) is 0 Å². The van der Waals surface area contributed by atoms with Gasteiger partial charge in [0, 0.05) is 17.8 Å². The van der Waals surface area contributed by atoms with Crippen LogP contribution in [0.15, 0.2) is 12.7 Å². The highest BCUT2D eigenvalue weighted by Crippen LogP contribution is 2.67. The SMILES string of the molecule is C=C[C@@]1(C)CC(=O)[C@@]2(O)[C@@]3(C)[C@@H](O[Si](C)(C)C(C)(C)C)CCC(C)(C)[C@@H]3[C@H](O)[C@H](O)[C@@]2(C)O1. The molecule has 0 unspecified atom stereocenters. The van der Waals surface area contributed by atoms with Crippen LogP contribution in [0.1, 0.15) is 74.7 Å².